The minimum Gasteiger partial charge on any atom is -0.465 e. The molecule has 164 valence electrons. The van der Waals surface area contributed by atoms with E-state index in [9.17, 15) is 14.4 Å². The number of rotatable bonds is 9. The fourth-order valence-corrected chi connectivity index (χ4v) is 3.21. The Kier molecular flexibility index (Phi) is 7.86. The predicted octanol–water partition coefficient (Wildman–Crippen LogP) is 3.21. The second-order valence-electron chi connectivity index (χ2n) is 7.57. The van der Waals surface area contributed by atoms with Crippen molar-refractivity contribution in [3.05, 3.63) is 101 Å². The number of hydrogen-bond donors (Lipinski definition) is 1. The molecule has 0 saturated carbocycles. The highest BCUT2D eigenvalue weighted by Crippen LogP contribution is 2.19. The maximum Gasteiger partial charge on any atom is 0.313 e. The molecule has 0 fully saturated rings. The van der Waals surface area contributed by atoms with E-state index in [4.69, 9.17) is 4.74 Å². The fraction of sp³-hybridized carbons (Fsp3) is 0.231. The Balaban J connectivity index is 1.43. The number of benzene rings is 2. The predicted molar refractivity (Wildman–Crippen MR) is 120 cm³/mol. The van der Waals surface area contributed by atoms with Gasteiger partial charge in [0.1, 0.15) is 12.6 Å². The number of pyridine rings is 1. The topological polar surface area (TPSA) is 76.3 Å². The van der Waals surface area contributed by atoms with E-state index in [0.717, 1.165) is 5.56 Å². The van der Waals surface area contributed by atoms with Crippen molar-refractivity contribution in [2.45, 2.75) is 19.3 Å². The van der Waals surface area contributed by atoms with Crippen molar-refractivity contribution < 1.29 is 23.7 Å². The first-order valence-corrected chi connectivity index (χ1v) is 10.6. The summed E-state index contributed by atoms with van der Waals surface area (Å²) in [5, 5.41) is 2.82. The first-order valence-electron chi connectivity index (χ1n) is 10.6. The van der Waals surface area contributed by atoms with E-state index in [2.05, 4.69) is 5.32 Å². The van der Waals surface area contributed by atoms with Gasteiger partial charge in [0.2, 0.25) is 0 Å². The summed E-state index contributed by atoms with van der Waals surface area (Å²) in [4.78, 5) is 37.0. The third kappa shape index (κ3) is 6.11. The lowest BCUT2D eigenvalue weighted by atomic mass is 9.97. The molecule has 1 aromatic heterocycles. The minimum absolute atomic E-state index is 0.0568. The number of ether oxygens (including phenoxy) is 1. The zero-order chi connectivity index (χ0) is 22.9. The summed E-state index contributed by atoms with van der Waals surface area (Å²) in [6.07, 6.45) is 4.12. The molecule has 6 nitrogen and oxygen atoms in total. The largest absolute Gasteiger partial charge is 0.465 e. The van der Waals surface area contributed by atoms with Gasteiger partial charge in [-0.15, -0.1) is 0 Å². The fourth-order valence-electron chi connectivity index (χ4n) is 3.21. The molecule has 32 heavy (non-hydrogen) atoms. The summed E-state index contributed by atoms with van der Waals surface area (Å²) < 4.78 is 7.16. The number of ketones is 1. The van der Waals surface area contributed by atoms with Crippen LogP contribution in [-0.4, -0.2) is 30.8 Å². The number of nitrogens with one attached hydrogen (secondary N) is 1. The molecule has 0 aliphatic rings. The number of esters is 1. The maximum atomic E-state index is 12.5. The third-order valence-electron chi connectivity index (χ3n) is 5.12. The number of carbonyl (C=O) groups excluding carboxylic acids is 3. The zero-order valence-corrected chi connectivity index (χ0v) is 18.3. The first-order chi connectivity index (χ1) is 15.5. The zero-order valence-electron chi connectivity index (χ0n) is 18.3. The Hall–Kier alpha value is -3.80. The second kappa shape index (κ2) is 11.0. The van der Waals surface area contributed by atoms with Crippen molar-refractivity contribution in [1.29, 1.82) is 0 Å². The van der Waals surface area contributed by atoms with E-state index >= 15 is 0 Å². The van der Waals surface area contributed by atoms with Crippen LogP contribution in [0.25, 0.3) is 0 Å². The van der Waals surface area contributed by atoms with Gasteiger partial charge in [0.05, 0.1) is 12.5 Å². The van der Waals surface area contributed by atoms with Crippen LogP contribution >= 0.6 is 0 Å². The molecule has 0 radical (unpaired) electrons. The van der Waals surface area contributed by atoms with Crippen LogP contribution in [-0.2, 0) is 16.6 Å². The lowest BCUT2D eigenvalue weighted by Gasteiger charge is -2.12. The molecular weight excluding hydrogens is 404 g/mol. The average Bonchev–Trinajstić information content (AvgIpc) is 2.83. The van der Waals surface area contributed by atoms with Crippen LogP contribution in [0.4, 0.5) is 0 Å². The standard InChI is InChI=1S/C26H26N2O4/c1-19(20-11-13-22(14-12-20)24(29)21-8-4-3-5-9-21)26(31)32-17-7-15-27-25(30)23-10-6-16-28(2)18-23/h3-6,8-14,16,18-19H,7,15,17H2,1-2H3/p+1. The molecule has 1 atom stereocenters. The Morgan fingerprint density at radius 3 is 2.25 bits per heavy atom. The molecule has 1 amide bonds. The maximum absolute atomic E-state index is 12.5. The van der Waals surface area contributed by atoms with Crippen LogP contribution in [0.15, 0.2) is 79.1 Å². The number of carbonyl (C=O) groups is 3. The Morgan fingerprint density at radius 1 is 0.906 bits per heavy atom. The van der Waals surface area contributed by atoms with E-state index in [1.165, 1.54) is 0 Å². The van der Waals surface area contributed by atoms with E-state index in [1.807, 2.05) is 42.1 Å². The SMILES string of the molecule is CC(C(=O)OCCCNC(=O)c1ccc[n+](C)c1)c1ccc(C(=O)c2ccccc2)cc1. The first kappa shape index (κ1) is 22.9. The van der Waals surface area contributed by atoms with Gasteiger partial charge in [0, 0.05) is 23.7 Å². The van der Waals surface area contributed by atoms with Gasteiger partial charge in [-0.05, 0) is 25.0 Å². The molecule has 6 heteroatoms. The number of nitrogens with zero attached hydrogens (tertiary/aromatic N) is 1. The van der Waals surface area contributed by atoms with Crippen molar-refractivity contribution >= 4 is 17.7 Å². The van der Waals surface area contributed by atoms with Gasteiger partial charge >= 0.3 is 5.97 Å². The molecule has 3 rings (SSSR count). The highest BCUT2D eigenvalue weighted by Gasteiger charge is 2.18. The van der Waals surface area contributed by atoms with E-state index < -0.39 is 5.92 Å². The van der Waals surface area contributed by atoms with Gasteiger partial charge in [-0.3, -0.25) is 14.4 Å². The molecule has 0 bridgehead atoms. The summed E-state index contributed by atoms with van der Waals surface area (Å²) in [5.41, 5.74) is 2.56. The van der Waals surface area contributed by atoms with Gasteiger partial charge in [-0.1, -0.05) is 54.6 Å². The minimum atomic E-state index is -0.449. The molecule has 0 spiro atoms. The number of aryl methyl sites for hydroxylation is 1. The van der Waals surface area contributed by atoms with Gasteiger partial charge < -0.3 is 10.1 Å². The third-order valence-corrected chi connectivity index (χ3v) is 5.12. The highest BCUT2D eigenvalue weighted by atomic mass is 16.5. The van der Waals surface area contributed by atoms with Crippen molar-refractivity contribution in [2.24, 2.45) is 7.05 Å². The Bertz CT molecular complexity index is 1080. The van der Waals surface area contributed by atoms with Crippen molar-refractivity contribution in [1.82, 2.24) is 5.32 Å². The molecule has 1 heterocycles. The van der Waals surface area contributed by atoms with Crippen molar-refractivity contribution in [2.75, 3.05) is 13.2 Å². The summed E-state index contributed by atoms with van der Waals surface area (Å²) in [6, 6.07) is 19.6. The molecule has 3 aromatic rings. The van der Waals surface area contributed by atoms with Crippen LogP contribution in [0.2, 0.25) is 0 Å². The second-order valence-corrected chi connectivity index (χ2v) is 7.57. The lowest BCUT2D eigenvalue weighted by molar-refractivity contribution is -0.671. The van der Waals surface area contributed by atoms with Crippen molar-refractivity contribution in [3.63, 3.8) is 0 Å². The summed E-state index contributed by atoms with van der Waals surface area (Å²) in [7, 11) is 1.85. The van der Waals surface area contributed by atoms with Crippen molar-refractivity contribution in [3.8, 4) is 0 Å². The summed E-state index contributed by atoms with van der Waals surface area (Å²) in [5.74, 6) is -1.01. The average molecular weight is 432 g/mol. The van der Waals surface area contributed by atoms with Crippen LogP contribution in [0.3, 0.4) is 0 Å². The molecular formula is C26H27N2O4+. The molecule has 2 aromatic carbocycles. The van der Waals surface area contributed by atoms with E-state index in [1.54, 1.807) is 55.6 Å². The molecule has 1 unspecified atom stereocenters. The van der Waals surface area contributed by atoms with Gasteiger partial charge in [-0.2, -0.15) is 0 Å². The smallest absolute Gasteiger partial charge is 0.313 e. The normalized spacial score (nSPS) is 11.4. The van der Waals surface area contributed by atoms with E-state index in [0.29, 0.717) is 29.7 Å². The monoisotopic (exact) mass is 431 g/mol. The number of hydrogen-bond acceptors (Lipinski definition) is 4. The van der Waals surface area contributed by atoms with E-state index in [-0.39, 0.29) is 24.3 Å². The van der Waals surface area contributed by atoms with Crippen LogP contribution in [0.5, 0.6) is 0 Å². The van der Waals surface area contributed by atoms with Crippen LogP contribution < -0.4 is 9.88 Å². The van der Waals surface area contributed by atoms with Crippen LogP contribution in [0.1, 0.15) is 51.1 Å². The summed E-state index contributed by atoms with van der Waals surface area (Å²) in [6.45, 7) is 2.40. The van der Waals surface area contributed by atoms with Gasteiger partial charge in [-0.25, -0.2) is 4.57 Å². The summed E-state index contributed by atoms with van der Waals surface area (Å²) >= 11 is 0. The Morgan fingerprint density at radius 2 is 1.56 bits per heavy atom. The molecule has 1 N–H and O–H groups in total. The number of amides is 1. The molecule has 0 aliphatic carbocycles. The van der Waals surface area contributed by atoms with Gasteiger partial charge in [0.25, 0.3) is 5.91 Å². The van der Waals surface area contributed by atoms with Crippen LogP contribution in [0, 0.1) is 0 Å². The quantitative estimate of drug-likeness (QED) is 0.244. The highest BCUT2D eigenvalue weighted by molar-refractivity contribution is 6.09. The Labute approximate surface area is 187 Å². The van der Waals surface area contributed by atoms with Gasteiger partial charge in [0.15, 0.2) is 18.2 Å². The number of aromatic nitrogens is 1. The molecule has 0 aliphatic heterocycles. The lowest BCUT2D eigenvalue weighted by Crippen LogP contribution is -2.31. The molecule has 0 saturated heterocycles.